The molecule has 0 aliphatic carbocycles. The van der Waals surface area contributed by atoms with Crippen molar-refractivity contribution in [3.8, 4) is 33.4 Å². The summed E-state index contributed by atoms with van der Waals surface area (Å²) in [6, 6.07) is 74.5. The van der Waals surface area contributed by atoms with Crippen LogP contribution in [0.1, 0.15) is 5.56 Å². The van der Waals surface area contributed by atoms with Gasteiger partial charge in [-0.15, -0.1) is 0 Å². The fraction of sp³-hybridized carbons (Fsp3) is 0.0182. The largest absolute Gasteiger partial charge is 0.455 e. The summed E-state index contributed by atoms with van der Waals surface area (Å²) in [6.07, 6.45) is 0. The molecule has 0 aliphatic heterocycles. The first-order chi connectivity index (χ1) is 28.2. The third-order valence-electron chi connectivity index (χ3n) is 11.6. The maximum atomic E-state index is 6.44. The summed E-state index contributed by atoms with van der Waals surface area (Å²) >= 11 is 0. The first-order valence-electron chi connectivity index (χ1n) is 19.6. The summed E-state index contributed by atoms with van der Waals surface area (Å²) in [7, 11) is 0. The van der Waals surface area contributed by atoms with Crippen molar-refractivity contribution in [2.75, 3.05) is 4.90 Å². The zero-order chi connectivity index (χ0) is 37.9. The Morgan fingerprint density at radius 3 is 1.61 bits per heavy atom. The third kappa shape index (κ3) is 5.57. The second-order valence-corrected chi connectivity index (χ2v) is 14.9. The Morgan fingerprint density at radius 2 is 0.842 bits per heavy atom. The van der Waals surface area contributed by atoms with Crippen LogP contribution in [-0.2, 0) is 0 Å². The van der Waals surface area contributed by atoms with E-state index in [1.165, 1.54) is 60.1 Å². The van der Waals surface area contributed by atoms with Gasteiger partial charge in [0.1, 0.15) is 11.2 Å². The molecule has 2 heteroatoms. The van der Waals surface area contributed by atoms with Crippen molar-refractivity contribution in [1.82, 2.24) is 0 Å². The Kier molecular flexibility index (Phi) is 7.75. The lowest BCUT2D eigenvalue weighted by molar-refractivity contribution is 0.670. The Balaban J connectivity index is 1.02. The number of rotatable bonds is 6. The number of anilines is 3. The van der Waals surface area contributed by atoms with Gasteiger partial charge in [-0.05, 0) is 104 Å². The van der Waals surface area contributed by atoms with E-state index in [4.69, 9.17) is 4.42 Å². The highest BCUT2D eigenvalue weighted by Gasteiger charge is 2.19. The average molecular weight is 728 g/mol. The molecule has 0 aliphatic rings. The van der Waals surface area contributed by atoms with Crippen LogP contribution < -0.4 is 4.90 Å². The van der Waals surface area contributed by atoms with Crippen LogP contribution in [0.3, 0.4) is 0 Å². The van der Waals surface area contributed by atoms with Crippen molar-refractivity contribution < 1.29 is 4.42 Å². The maximum Gasteiger partial charge on any atom is 0.143 e. The Morgan fingerprint density at radius 1 is 0.351 bits per heavy atom. The summed E-state index contributed by atoms with van der Waals surface area (Å²) in [4.78, 5) is 2.41. The quantitative estimate of drug-likeness (QED) is 0.159. The molecular formula is C55H37NO. The van der Waals surface area contributed by atoms with Crippen LogP contribution in [0.5, 0.6) is 0 Å². The zero-order valence-electron chi connectivity index (χ0n) is 31.5. The van der Waals surface area contributed by atoms with E-state index in [2.05, 4.69) is 206 Å². The zero-order valence-corrected chi connectivity index (χ0v) is 31.5. The van der Waals surface area contributed by atoms with Gasteiger partial charge in [-0.2, -0.15) is 0 Å². The van der Waals surface area contributed by atoms with Crippen LogP contribution in [-0.4, -0.2) is 0 Å². The highest BCUT2D eigenvalue weighted by Crippen LogP contribution is 2.44. The third-order valence-corrected chi connectivity index (χ3v) is 11.6. The molecule has 11 aromatic rings. The molecule has 0 saturated carbocycles. The van der Waals surface area contributed by atoms with Crippen molar-refractivity contribution >= 4 is 71.3 Å². The lowest BCUT2D eigenvalue weighted by atomic mass is 9.95. The van der Waals surface area contributed by atoms with Gasteiger partial charge < -0.3 is 9.32 Å². The SMILES string of the molecule is Cc1cccc2c1cc(N(c1ccc(-c3ccc(-c4cccc5ccccc45)cc3)cc1)c1ccc(-c3cccc4c3oc3ccccc34)cc1)c1ccccc12. The first kappa shape index (κ1) is 33.0. The number of hydrogen-bond acceptors (Lipinski definition) is 2. The predicted octanol–water partition coefficient (Wildman–Crippen LogP) is 15.8. The molecule has 0 atom stereocenters. The van der Waals surface area contributed by atoms with Gasteiger partial charge in [-0.3, -0.25) is 0 Å². The minimum Gasteiger partial charge on any atom is -0.455 e. The predicted molar refractivity (Wildman–Crippen MR) is 242 cm³/mol. The number of furan rings is 1. The Hall–Kier alpha value is -7.42. The van der Waals surface area contributed by atoms with Crippen LogP contribution in [0, 0.1) is 6.92 Å². The van der Waals surface area contributed by atoms with Crippen molar-refractivity contribution in [3.05, 3.63) is 212 Å². The molecule has 1 aromatic heterocycles. The molecule has 11 rings (SSSR count). The lowest BCUT2D eigenvalue weighted by Gasteiger charge is -2.28. The van der Waals surface area contributed by atoms with Crippen LogP contribution in [0.15, 0.2) is 211 Å². The van der Waals surface area contributed by atoms with E-state index in [-0.39, 0.29) is 0 Å². The minimum atomic E-state index is 0.908. The number of hydrogen-bond donors (Lipinski definition) is 0. The molecule has 0 spiro atoms. The maximum absolute atomic E-state index is 6.44. The second kappa shape index (κ2) is 13.4. The van der Waals surface area contributed by atoms with Crippen LogP contribution in [0.2, 0.25) is 0 Å². The summed E-state index contributed by atoms with van der Waals surface area (Å²) in [5.74, 6) is 0. The fourth-order valence-corrected chi connectivity index (χ4v) is 8.76. The van der Waals surface area contributed by atoms with Crippen molar-refractivity contribution in [2.24, 2.45) is 0 Å². The molecule has 0 amide bonds. The van der Waals surface area contributed by atoms with Gasteiger partial charge in [0.25, 0.3) is 0 Å². The van der Waals surface area contributed by atoms with Crippen LogP contribution >= 0.6 is 0 Å². The van der Waals surface area contributed by atoms with Gasteiger partial charge in [0.05, 0.1) is 5.69 Å². The normalized spacial score (nSPS) is 11.6. The monoisotopic (exact) mass is 727 g/mol. The van der Waals surface area contributed by atoms with Crippen molar-refractivity contribution in [3.63, 3.8) is 0 Å². The molecule has 57 heavy (non-hydrogen) atoms. The van der Waals surface area contributed by atoms with Gasteiger partial charge in [-0.1, -0.05) is 170 Å². The molecule has 0 N–H and O–H groups in total. The molecule has 0 fully saturated rings. The van der Waals surface area contributed by atoms with E-state index in [1.807, 2.05) is 12.1 Å². The van der Waals surface area contributed by atoms with E-state index in [0.29, 0.717) is 0 Å². The first-order valence-corrected chi connectivity index (χ1v) is 19.6. The number of aryl methyl sites for hydroxylation is 1. The Bertz CT molecular complexity index is 3280. The molecule has 1 heterocycles. The van der Waals surface area contributed by atoms with E-state index in [1.54, 1.807) is 0 Å². The smallest absolute Gasteiger partial charge is 0.143 e. The Labute approximate surface area is 331 Å². The van der Waals surface area contributed by atoms with Crippen molar-refractivity contribution in [1.29, 1.82) is 0 Å². The van der Waals surface area contributed by atoms with Gasteiger partial charge in [0, 0.05) is 33.1 Å². The van der Waals surface area contributed by atoms with Crippen molar-refractivity contribution in [2.45, 2.75) is 6.92 Å². The van der Waals surface area contributed by atoms with Gasteiger partial charge >= 0.3 is 0 Å². The number of para-hydroxylation sites is 2. The van der Waals surface area contributed by atoms with E-state index in [0.717, 1.165) is 50.1 Å². The lowest BCUT2D eigenvalue weighted by Crippen LogP contribution is -2.10. The highest BCUT2D eigenvalue weighted by molar-refractivity contribution is 6.15. The molecule has 10 aromatic carbocycles. The minimum absolute atomic E-state index is 0.908. The highest BCUT2D eigenvalue weighted by atomic mass is 16.3. The van der Waals surface area contributed by atoms with E-state index in [9.17, 15) is 0 Å². The molecular weight excluding hydrogens is 691 g/mol. The van der Waals surface area contributed by atoms with E-state index >= 15 is 0 Å². The molecule has 268 valence electrons. The number of fused-ring (bicyclic) bond motifs is 7. The molecule has 0 unspecified atom stereocenters. The standard InChI is InChI=1S/C55H37NO/c1-36-11-8-20-48-47-15-4-5-16-49(47)53(35-52(36)48)56(43-33-29-41(30-34-43)46-19-10-21-51-50-17-6-7-22-54(50)57-55(46)51)42-31-27-38(28-32-42)37-23-25-40(26-24-37)45-18-9-13-39-12-2-3-14-44(39)45/h2-35H,1H3. The molecule has 0 saturated heterocycles. The van der Waals surface area contributed by atoms with E-state index < -0.39 is 0 Å². The van der Waals surface area contributed by atoms with Crippen LogP contribution in [0.4, 0.5) is 17.1 Å². The summed E-state index contributed by atoms with van der Waals surface area (Å²) < 4.78 is 6.44. The molecule has 0 bridgehead atoms. The van der Waals surface area contributed by atoms with Crippen LogP contribution in [0.25, 0.3) is 87.6 Å². The number of benzene rings is 10. The second-order valence-electron chi connectivity index (χ2n) is 14.9. The average Bonchev–Trinajstić information content (AvgIpc) is 3.66. The fourth-order valence-electron chi connectivity index (χ4n) is 8.76. The number of nitrogens with zero attached hydrogens (tertiary/aromatic N) is 1. The topological polar surface area (TPSA) is 16.4 Å². The van der Waals surface area contributed by atoms with Gasteiger partial charge in [0.2, 0.25) is 0 Å². The molecule has 2 nitrogen and oxygen atoms in total. The molecule has 0 radical (unpaired) electrons. The van der Waals surface area contributed by atoms with Gasteiger partial charge in [0.15, 0.2) is 0 Å². The summed E-state index contributed by atoms with van der Waals surface area (Å²) in [6.45, 7) is 2.21. The summed E-state index contributed by atoms with van der Waals surface area (Å²) in [5, 5.41) is 9.78. The van der Waals surface area contributed by atoms with Gasteiger partial charge in [-0.25, -0.2) is 0 Å². The summed E-state index contributed by atoms with van der Waals surface area (Å²) in [5.41, 5.74) is 13.4.